The lowest BCUT2D eigenvalue weighted by Gasteiger charge is -2.37. The summed E-state index contributed by atoms with van der Waals surface area (Å²) in [6.07, 6.45) is 4.72. The molecule has 140 valence electrons. The van der Waals surface area contributed by atoms with E-state index in [0.717, 1.165) is 50.9 Å². The predicted octanol–water partition coefficient (Wildman–Crippen LogP) is 4.17. The van der Waals surface area contributed by atoms with Gasteiger partial charge < -0.3 is 15.0 Å². The van der Waals surface area contributed by atoms with Crippen LogP contribution in [0, 0.1) is 0 Å². The van der Waals surface area contributed by atoms with Crippen LogP contribution in [0.1, 0.15) is 69.9 Å². The zero-order valence-corrected chi connectivity index (χ0v) is 15.9. The zero-order chi connectivity index (χ0) is 18.5. The predicted molar refractivity (Wildman–Crippen MR) is 100 cm³/mol. The van der Waals surface area contributed by atoms with E-state index in [2.05, 4.69) is 23.5 Å². The highest BCUT2D eigenvalue weighted by atomic mass is 16.6. The first-order valence-electron chi connectivity index (χ1n) is 9.72. The van der Waals surface area contributed by atoms with E-state index in [1.54, 1.807) is 0 Å². The number of fused-ring (bicyclic) bond motifs is 2. The van der Waals surface area contributed by atoms with Gasteiger partial charge in [-0.25, -0.2) is 4.79 Å². The topological polar surface area (TPSA) is 58.6 Å². The molecule has 0 radical (unpaired) electrons. The van der Waals surface area contributed by atoms with Crippen LogP contribution in [-0.4, -0.2) is 35.6 Å². The van der Waals surface area contributed by atoms with Gasteiger partial charge in [-0.15, -0.1) is 0 Å². The second kappa shape index (κ2) is 6.00. The monoisotopic (exact) mass is 356 g/mol. The molecule has 0 bridgehead atoms. The smallest absolute Gasteiger partial charge is 0.410 e. The fourth-order valence-electron chi connectivity index (χ4n) is 4.43. The van der Waals surface area contributed by atoms with Gasteiger partial charge in [0.1, 0.15) is 5.60 Å². The van der Waals surface area contributed by atoms with E-state index in [1.165, 1.54) is 11.1 Å². The van der Waals surface area contributed by atoms with Crippen molar-refractivity contribution < 1.29 is 14.3 Å². The first kappa shape index (κ1) is 17.4. The molecule has 2 fully saturated rings. The van der Waals surface area contributed by atoms with Gasteiger partial charge in [0.2, 0.25) is 5.91 Å². The highest BCUT2D eigenvalue weighted by molar-refractivity contribution is 6.07. The lowest BCUT2D eigenvalue weighted by atomic mass is 9.65. The van der Waals surface area contributed by atoms with Crippen molar-refractivity contribution in [3.8, 4) is 0 Å². The average Bonchev–Trinajstić information content (AvgIpc) is 2.84. The van der Waals surface area contributed by atoms with E-state index in [9.17, 15) is 9.59 Å². The molecule has 1 saturated heterocycles. The minimum absolute atomic E-state index is 0.177. The van der Waals surface area contributed by atoms with Crippen molar-refractivity contribution >= 4 is 17.7 Å². The van der Waals surface area contributed by atoms with Crippen LogP contribution in [0.15, 0.2) is 18.2 Å². The molecule has 3 aliphatic rings. The molecular formula is C21H28N2O3. The summed E-state index contributed by atoms with van der Waals surface area (Å²) in [4.78, 5) is 26.4. The number of ether oxygens (including phenoxy) is 1. The number of amides is 2. The van der Waals surface area contributed by atoms with Gasteiger partial charge in [-0.05, 0) is 69.6 Å². The molecule has 5 nitrogen and oxygen atoms in total. The Kier molecular flexibility index (Phi) is 4.01. The van der Waals surface area contributed by atoms with Crippen molar-refractivity contribution in [2.45, 2.75) is 69.8 Å². The minimum Gasteiger partial charge on any atom is -0.444 e. The lowest BCUT2D eigenvalue weighted by molar-refractivity contribution is -0.123. The molecule has 2 aliphatic heterocycles. The summed E-state index contributed by atoms with van der Waals surface area (Å²) < 4.78 is 5.48. The van der Waals surface area contributed by atoms with E-state index in [-0.39, 0.29) is 17.4 Å². The van der Waals surface area contributed by atoms with Gasteiger partial charge in [0.15, 0.2) is 0 Å². The van der Waals surface area contributed by atoms with Gasteiger partial charge in [-0.2, -0.15) is 0 Å². The van der Waals surface area contributed by atoms with E-state index in [4.69, 9.17) is 4.74 Å². The second-order valence-corrected chi connectivity index (χ2v) is 8.94. The first-order valence-corrected chi connectivity index (χ1v) is 9.72. The third-order valence-electron chi connectivity index (χ3n) is 6.07. The van der Waals surface area contributed by atoms with Crippen molar-refractivity contribution in [1.82, 2.24) is 4.90 Å². The number of nitrogens with zero attached hydrogens (tertiary/aromatic N) is 1. The molecule has 1 spiro atoms. The van der Waals surface area contributed by atoms with E-state index >= 15 is 0 Å². The fraction of sp³-hybridized carbons (Fsp3) is 0.619. The van der Waals surface area contributed by atoms with Crippen molar-refractivity contribution in [3.63, 3.8) is 0 Å². The number of piperidine rings is 1. The van der Waals surface area contributed by atoms with Crippen LogP contribution < -0.4 is 5.32 Å². The van der Waals surface area contributed by atoms with E-state index in [0.29, 0.717) is 5.92 Å². The maximum Gasteiger partial charge on any atom is 0.410 e. The Labute approximate surface area is 155 Å². The van der Waals surface area contributed by atoms with Crippen molar-refractivity contribution in [2.24, 2.45) is 0 Å². The SMILES string of the molecule is CC(C)(C)OC(=O)N1CCC(c2ccc3c(c2)C2(CCC2)C(=O)N3)CC1. The van der Waals surface area contributed by atoms with Crippen LogP contribution in [0.3, 0.4) is 0 Å². The fourth-order valence-corrected chi connectivity index (χ4v) is 4.43. The number of carbonyl (C=O) groups excluding carboxylic acids is 2. The molecule has 1 aromatic carbocycles. The third kappa shape index (κ3) is 2.87. The number of anilines is 1. The lowest BCUT2D eigenvalue weighted by Crippen LogP contribution is -2.41. The van der Waals surface area contributed by atoms with Crippen LogP contribution in [0.2, 0.25) is 0 Å². The van der Waals surface area contributed by atoms with Gasteiger partial charge in [-0.1, -0.05) is 18.6 Å². The maximum absolute atomic E-state index is 12.4. The van der Waals surface area contributed by atoms with Crippen molar-refractivity contribution in [3.05, 3.63) is 29.3 Å². The third-order valence-corrected chi connectivity index (χ3v) is 6.07. The molecule has 26 heavy (non-hydrogen) atoms. The largest absolute Gasteiger partial charge is 0.444 e. The number of carbonyl (C=O) groups is 2. The highest BCUT2D eigenvalue weighted by Gasteiger charge is 2.51. The number of rotatable bonds is 1. The standard InChI is InChI=1S/C21H28N2O3/c1-20(2,3)26-19(25)23-11-7-14(8-12-23)15-5-6-17-16(13-15)21(9-4-10-21)18(24)22-17/h5-6,13-14H,4,7-12H2,1-3H3,(H,22,24). The van der Waals surface area contributed by atoms with Gasteiger partial charge >= 0.3 is 6.09 Å². The number of hydrogen-bond acceptors (Lipinski definition) is 3. The van der Waals surface area contributed by atoms with Crippen molar-refractivity contribution in [1.29, 1.82) is 0 Å². The second-order valence-electron chi connectivity index (χ2n) is 8.94. The number of likely N-dealkylation sites (tertiary alicyclic amines) is 1. The van der Waals surface area contributed by atoms with Crippen LogP contribution in [-0.2, 0) is 14.9 Å². The number of nitrogens with one attached hydrogen (secondary N) is 1. The van der Waals surface area contributed by atoms with E-state index in [1.807, 2.05) is 25.7 Å². The summed E-state index contributed by atoms with van der Waals surface area (Å²) in [5, 5.41) is 3.06. The van der Waals surface area contributed by atoms with Crippen LogP contribution >= 0.6 is 0 Å². The van der Waals surface area contributed by atoms with Gasteiger partial charge in [0, 0.05) is 18.8 Å². The van der Waals surface area contributed by atoms with Gasteiger partial charge in [-0.3, -0.25) is 4.79 Å². The summed E-state index contributed by atoms with van der Waals surface area (Å²) in [7, 11) is 0. The Morgan fingerprint density at radius 1 is 1.23 bits per heavy atom. The molecule has 0 unspecified atom stereocenters. The Morgan fingerprint density at radius 3 is 2.50 bits per heavy atom. The summed E-state index contributed by atoms with van der Waals surface area (Å²) in [5.41, 5.74) is 2.77. The summed E-state index contributed by atoms with van der Waals surface area (Å²) in [5.74, 6) is 0.613. The number of benzene rings is 1. The Balaban J connectivity index is 1.45. The number of hydrogen-bond donors (Lipinski definition) is 1. The molecule has 1 N–H and O–H groups in total. The summed E-state index contributed by atoms with van der Waals surface area (Å²) in [6.45, 7) is 7.13. The normalized spacial score (nSPS) is 22.0. The van der Waals surface area contributed by atoms with Crippen LogP contribution in [0.4, 0.5) is 10.5 Å². The van der Waals surface area contributed by atoms with Crippen molar-refractivity contribution in [2.75, 3.05) is 18.4 Å². The average molecular weight is 356 g/mol. The molecule has 2 heterocycles. The maximum atomic E-state index is 12.4. The minimum atomic E-state index is -0.454. The first-order chi connectivity index (χ1) is 12.3. The summed E-state index contributed by atoms with van der Waals surface area (Å²) >= 11 is 0. The summed E-state index contributed by atoms with van der Waals surface area (Å²) in [6, 6.07) is 6.46. The van der Waals surface area contributed by atoms with Gasteiger partial charge in [0.25, 0.3) is 0 Å². The Morgan fingerprint density at radius 2 is 1.92 bits per heavy atom. The Hall–Kier alpha value is -2.04. The molecule has 5 heteroatoms. The van der Waals surface area contributed by atoms with Gasteiger partial charge in [0.05, 0.1) is 5.41 Å². The van der Waals surface area contributed by atoms with Crippen LogP contribution in [0.25, 0.3) is 0 Å². The molecule has 1 saturated carbocycles. The molecule has 2 amide bonds. The molecular weight excluding hydrogens is 328 g/mol. The molecule has 1 aliphatic carbocycles. The zero-order valence-electron chi connectivity index (χ0n) is 15.9. The van der Waals surface area contributed by atoms with E-state index < -0.39 is 5.60 Å². The highest BCUT2D eigenvalue weighted by Crippen LogP contribution is 2.51. The molecule has 1 aromatic rings. The van der Waals surface area contributed by atoms with Crippen LogP contribution in [0.5, 0.6) is 0 Å². The molecule has 4 rings (SSSR count). The molecule has 0 aromatic heterocycles. The molecule has 0 atom stereocenters. The quantitative estimate of drug-likeness (QED) is 0.821. The Bertz CT molecular complexity index is 738.